The molecule has 0 aliphatic rings. The minimum Gasteiger partial charge on any atom is -0.545 e. The molecule has 0 N–H and O–H groups in total. The second kappa shape index (κ2) is 3.59. The Balaban J connectivity index is 2.59. The van der Waals surface area contributed by atoms with Gasteiger partial charge in [-0.2, -0.15) is 0 Å². The zero-order valence-electron chi connectivity index (χ0n) is 9.01. The molecule has 0 saturated carbocycles. The maximum absolute atomic E-state index is 11.1. The Morgan fingerprint density at radius 1 is 0.824 bits per heavy atom. The summed E-state index contributed by atoms with van der Waals surface area (Å²) in [5.74, 6) is -1.13. The molecular formula is C15H9O2-. The standard InChI is InChI=1S/C15H10O2/c16-15(17)14-9-10-5-1-2-6-11(10)12-7-3-4-8-13(12)14/h1-9H,(H,16,17)/p-1. The van der Waals surface area contributed by atoms with E-state index < -0.39 is 5.97 Å². The zero-order chi connectivity index (χ0) is 11.8. The van der Waals surface area contributed by atoms with Crippen molar-refractivity contribution in [3.63, 3.8) is 0 Å². The van der Waals surface area contributed by atoms with E-state index in [1.165, 1.54) is 0 Å². The van der Waals surface area contributed by atoms with Gasteiger partial charge in [0.25, 0.3) is 0 Å². The number of carbonyl (C=O) groups excluding carboxylic acids is 1. The van der Waals surface area contributed by atoms with Crippen LogP contribution in [0.3, 0.4) is 0 Å². The van der Waals surface area contributed by atoms with Crippen LogP contribution < -0.4 is 5.11 Å². The van der Waals surface area contributed by atoms with Crippen LogP contribution in [0, 0.1) is 0 Å². The maximum atomic E-state index is 11.1. The Morgan fingerprint density at radius 2 is 1.41 bits per heavy atom. The van der Waals surface area contributed by atoms with Gasteiger partial charge < -0.3 is 9.90 Å². The summed E-state index contributed by atoms with van der Waals surface area (Å²) in [6.07, 6.45) is 0. The third kappa shape index (κ3) is 1.46. The lowest BCUT2D eigenvalue weighted by molar-refractivity contribution is -0.254. The third-order valence-electron chi connectivity index (χ3n) is 2.99. The number of hydrogen-bond donors (Lipinski definition) is 0. The molecule has 2 nitrogen and oxygen atoms in total. The summed E-state index contributed by atoms with van der Waals surface area (Å²) in [6.45, 7) is 0. The van der Waals surface area contributed by atoms with Crippen LogP contribution in [0.5, 0.6) is 0 Å². The van der Waals surface area contributed by atoms with Crippen molar-refractivity contribution in [2.24, 2.45) is 0 Å². The summed E-state index contributed by atoms with van der Waals surface area (Å²) in [5.41, 5.74) is 0.249. The van der Waals surface area contributed by atoms with Crippen LogP contribution in [0.25, 0.3) is 21.5 Å². The van der Waals surface area contributed by atoms with Gasteiger partial charge in [0.15, 0.2) is 0 Å². The highest BCUT2D eigenvalue weighted by molar-refractivity contribution is 6.15. The summed E-state index contributed by atoms with van der Waals surface area (Å²) in [5, 5.41) is 14.8. The Morgan fingerprint density at radius 3 is 2.12 bits per heavy atom. The molecule has 0 bridgehead atoms. The molecule has 17 heavy (non-hydrogen) atoms. The van der Waals surface area contributed by atoms with Crippen molar-refractivity contribution in [3.05, 3.63) is 60.2 Å². The van der Waals surface area contributed by atoms with Crippen LogP contribution >= 0.6 is 0 Å². The normalized spacial score (nSPS) is 10.8. The van der Waals surface area contributed by atoms with E-state index in [0.29, 0.717) is 0 Å². The predicted octanol–water partition coefficient (Wildman–Crippen LogP) is 2.36. The first-order chi connectivity index (χ1) is 8.27. The smallest absolute Gasteiger partial charge is 0.0721 e. The van der Waals surface area contributed by atoms with Crippen LogP contribution in [0.2, 0.25) is 0 Å². The number of carboxylic acids is 1. The summed E-state index contributed by atoms with van der Waals surface area (Å²) >= 11 is 0. The van der Waals surface area contributed by atoms with Crippen LogP contribution in [0.1, 0.15) is 10.4 Å². The first kappa shape index (κ1) is 9.85. The molecule has 0 unspecified atom stereocenters. The van der Waals surface area contributed by atoms with E-state index in [4.69, 9.17) is 0 Å². The molecule has 0 atom stereocenters. The van der Waals surface area contributed by atoms with Crippen molar-refractivity contribution in [3.8, 4) is 0 Å². The molecule has 0 aliphatic carbocycles. The van der Waals surface area contributed by atoms with Crippen molar-refractivity contribution >= 4 is 27.5 Å². The van der Waals surface area contributed by atoms with E-state index in [0.717, 1.165) is 21.5 Å². The van der Waals surface area contributed by atoms with Crippen LogP contribution in [0.15, 0.2) is 54.6 Å². The number of rotatable bonds is 1. The molecule has 0 aliphatic heterocycles. The average molecular weight is 221 g/mol. The minimum atomic E-state index is -1.13. The highest BCUT2D eigenvalue weighted by atomic mass is 16.4. The monoisotopic (exact) mass is 221 g/mol. The number of aromatic carboxylic acids is 1. The highest BCUT2D eigenvalue weighted by Gasteiger charge is 2.05. The Bertz CT molecular complexity index is 729. The fraction of sp³-hybridized carbons (Fsp3) is 0. The molecule has 3 aromatic carbocycles. The molecule has 0 radical (unpaired) electrons. The van der Waals surface area contributed by atoms with E-state index in [9.17, 15) is 9.90 Å². The van der Waals surface area contributed by atoms with E-state index in [1.54, 1.807) is 6.07 Å². The SMILES string of the molecule is O=C([O-])c1cc2ccccc2c2ccccc12. The molecule has 2 heteroatoms. The fourth-order valence-corrected chi connectivity index (χ4v) is 2.22. The van der Waals surface area contributed by atoms with Crippen molar-refractivity contribution in [1.29, 1.82) is 0 Å². The minimum absolute atomic E-state index is 0.249. The van der Waals surface area contributed by atoms with E-state index in [1.807, 2.05) is 48.5 Å². The van der Waals surface area contributed by atoms with E-state index in [2.05, 4.69) is 0 Å². The second-order valence-corrected chi connectivity index (χ2v) is 3.98. The number of carboxylic acid groups (broad SMARTS) is 1. The van der Waals surface area contributed by atoms with Crippen molar-refractivity contribution in [2.45, 2.75) is 0 Å². The van der Waals surface area contributed by atoms with Gasteiger partial charge in [0.2, 0.25) is 0 Å². The number of hydrogen-bond acceptors (Lipinski definition) is 2. The molecular weight excluding hydrogens is 212 g/mol. The second-order valence-electron chi connectivity index (χ2n) is 3.98. The van der Waals surface area contributed by atoms with Gasteiger partial charge in [-0.3, -0.25) is 0 Å². The van der Waals surface area contributed by atoms with Gasteiger partial charge in [-0.25, -0.2) is 0 Å². The van der Waals surface area contributed by atoms with Crippen LogP contribution in [-0.2, 0) is 0 Å². The Labute approximate surface area is 98.1 Å². The number of carbonyl (C=O) groups is 1. The van der Waals surface area contributed by atoms with Gasteiger partial charge in [0.1, 0.15) is 0 Å². The molecule has 0 heterocycles. The molecule has 0 spiro atoms. The van der Waals surface area contributed by atoms with Gasteiger partial charge >= 0.3 is 0 Å². The quantitative estimate of drug-likeness (QED) is 0.592. The maximum Gasteiger partial charge on any atom is 0.0721 e. The average Bonchev–Trinajstić information content (AvgIpc) is 2.37. The molecule has 0 saturated heterocycles. The summed E-state index contributed by atoms with van der Waals surface area (Å²) in [4.78, 5) is 11.1. The van der Waals surface area contributed by atoms with Crippen LogP contribution in [-0.4, -0.2) is 5.97 Å². The predicted molar refractivity (Wildman–Crippen MR) is 65.8 cm³/mol. The first-order valence-corrected chi connectivity index (χ1v) is 5.39. The van der Waals surface area contributed by atoms with Crippen molar-refractivity contribution in [2.75, 3.05) is 0 Å². The summed E-state index contributed by atoms with van der Waals surface area (Å²) < 4.78 is 0. The highest BCUT2D eigenvalue weighted by Crippen LogP contribution is 2.28. The lowest BCUT2D eigenvalue weighted by Crippen LogP contribution is -2.22. The molecule has 3 aromatic rings. The largest absolute Gasteiger partial charge is 0.545 e. The van der Waals surface area contributed by atoms with E-state index >= 15 is 0 Å². The lowest BCUT2D eigenvalue weighted by atomic mass is 9.97. The van der Waals surface area contributed by atoms with E-state index in [-0.39, 0.29) is 5.56 Å². The third-order valence-corrected chi connectivity index (χ3v) is 2.99. The van der Waals surface area contributed by atoms with Gasteiger partial charge in [-0.1, -0.05) is 48.5 Å². The topological polar surface area (TPSA) is 40.1 Å². The molecule has 0 fully saturated rings. The number of fused-ring (bicyclic) bond motifs is 3. The molecule has 82 valence electrons. The first-order valence-electron chi connectivity index (χ1n) is 5.39. The molecule has 0 amide bonds. The zero-order valence-corrected chi connectivity index (χ0v) is 9.01. The Kier molecular flexibility index (Phi) is 2.08. The molecule has 0 aromatic heterocycles. The van der Waals surface area contributed by atoms with Crippen molar-refractivity contribution < 1.29 is 9.90 Å². The van der Waals surface area contributed by atoms with Gasteiger partial charge in [0, 0.05) is 5.56 Å². The Hall–Kier alpha value is -2.35. The van der Waals surface area contributed by atoms with Gasteiger partial charge in [0.05, 0.1) is 5.97 Å². The molecule has 3 rings (SSSR count). The van der Waals surface area contributed by atoms with Gasteiger partial charge in [-0.15, -0.1) is 0 Å². The summed E-state index contributed by atoms with van der Waals surface area (Å²) in [7, 11) is 0. The fourth-order valence-electron chi connectivity index (χ4n) is 2.22. The van der Waals surface area contributed by atoms with Crippen molar-refractivity contribution in [1.82, 2.24) is 0 Å². The lowest BCUT2D eigenvalue weighted by Gasteiger charge is -2.10. The van der Waals surface area contributed by atoms with Crippen LogP contribution in [0.4, 0.5) is 0 Å². The number of benzene rings is 3. The van der Waals surface area contributed by atoms with Gasteiger partial charge in [-0.05, 0) is 27.6 Å². The summed E-state index contributed by atoms with van der Waals surface area (Å²) in [6, 6.07) is 16.9.